The summed E-state index contributed by atoms with van der Waals surface area (Å²) >= 11 is 0. The molecular weight excluding hydrogens is 537 g/mol. The Labute approximate surface area is 243 Å². The summed E-state index contributed by atoms with van der Waals surface area (Å²) in [6, 6.07) is 17.4. The quantitative estimate of drug-likeness (QED) is 0.258. The highest BCUT2D eigenvalue weighted by Gasteiger charge is 2.26. The van der Waals surface area contributed by atoms with Crippen LogP contribution in [0.15, 0.2) is 54.6 Å². The highest BCUT2D eigenvalue weighted by atomic mass is 19.1. The number of halogens is 1. The molecule has 6 rings (SSSR count). The molecule has 4 aromatic rings. The molecule has 0 radical (unpaired) electrons. The van der Waals surface area contributed by atoms with Gasteiger partial charge in [-0.1, -0.05) is 12.1 Å². The van der Waals surface area contributed by atoms with E-state index in [2.05, 4.69) is 14.5 Å². The number of carbonyl (C=O) groups is 1. The molecule has 0 N–H and O–H groups in total. The number of benzene rings is 2. The summed E-state index contributed by atoms with van der Waals surface area (Å²) in [6.45, 7) is 3.24. The Hall–Kier alpha value is -4.49. The van der Waals surface area contributed by atoms with Crippen molar-refractivity contribution < 1.29 is 23.4 Å². The third-order valence-electron chi connectivity index (χ3n) is 8.10. The first-order valence-corrected chi connectivity index (χ1v) is 14.2. The van der Waals surface area contributed by atoms with E-state index in [1.165, 1.54) is 13.2 Å². The van der Waals surface area contributed by atoms with Crippen LogP contribution < -0.4 is 9.64 Å². The number of piperidine rings is 1. The van der Waals surface area contributed by atoms with Crippen molar-refractivity contribution in [3.63, 3.8) is 0 Å². The summed E-state index contributed by atoms with van der Waals surface area (Å²) in [4.78, 5) is 24.0. The number of esters is 1. The molecule has 0 spiro atoms. The van der Waals surface area contributed by atoms with Crippen molar-refractivity contribution in [2.45, 2.75) is 44.9 Å². The van der Waals surface area contributed by atoms with Crippen LogP contribution in [-0.4, -0.2) is 53.4 Å². The predicted octanol–water partition coefficient (Wildman–Crippen LogP) is 5.06. The van der Waals surface area contributed by atoms with E-state index >= 15 is 0 Å². The smallest absolute Gasteiger partial charge is 0.337 e. The number of anilines is 1. The van der Waals surface area contributed by atoms with Crippen LogP contribution in [-0.2, 0) is 29.0 Å². The van der Waals surface area contributed by atoms with Crippen LogP contribution in [0.5, 0.6) is 5.88 Å². The van der Waals surface area contributed by atoms with E-state index < -0.39 is 5.82 Å². The van der Waals surface area contributed by atoms with Crippen LogP contribution in [0.3, 0.4) is 0 Å². The van der Waals surface area contributed by atoms with Gasteiger partial charge in [-0.05, 0) is 61.6 Å². The lowest BCUT2D eigenvalue weighted by atomic mass is 9.93. The lowest BCUT2D eigenvalue weighted by Crippen LogP contribution is -2.35. The minimum absolute atomic E-state index is 0.0318. The monoisotopic (exact) mass is 569 g/mol. The second-order valence-corrected chi connectivity index (χ2v) is 10.8. The molecule has 0 aliphatic carbocycles. The molecule has 1 atom stereocenters. The van der Waals surface area contributed by atoms with Crippen molar-refractivity contribution >= 4 is 22.8 Å². The van der Waals surface area contributed by atoms with Crippen molar-refractivity contribution in [2.75, 3.05) is 31.7 Å². The van der Waals surface area contributed by atoms with Crippen molar-refractivity contribution in [2.24, 2.45) is 5.92 Å². The van der Waals surface area contributed by atoms with Crippen LogP contribution in [0.25, 0.3) is 11.0 Å². The first kappa shape index (κ1) is 27.7. The summed E-state index contributed by atoms with van der Waals surface area (Å²) in [5.41, 5.74) is 2.97. The summed E-state index contributed by atoms with van der Waals surface area (Å²) in [5.74, 6) is 1.91. The van der Waals surface area contributed by atoms with E-state index in [0.717, 1.165) is 74.6 Å². The van der Waals surface area contributed by atoms with Gasteiger partial charge in [0, 0.05) is 37.7 Å². The Morgan fingerprint density at radius 2 is 1.95 bits per heavy atom. The maximum absolute atomic E-state index is 14.2. The number of fused-ring (bicyclic) bond motifs is 1. The number of nitrogens with zero attached hydrogens (tertiary/aromatic N) is 5. The highest BCUT2D eigenvalue weighted by molar-refractivity contribution is 5.93. The fraction of sp³-hybridized carbons (Fsp3) is 0.375. The molecule has 0 saturated carbocycles. The lowest BCUT2D eigenvalue weighted by Gasteiger charge is -2.33. The van der Waals surface area contributed by atoms with Gasteiger partial charge in [-0.15, -0.1) is 0 Å². The summed E-state index contributed by atoms with van der Waals surface area (Å²) in [5, 5.41) is 8.94. The number of aromatic nitrogens is 3. The lowest BCUT2D eigenvalue weighted by molar-refractivity contribution is -0.0590. The van der Waals surface area contributed by atoms with Crippen LogP contribution >= 0.6 is 0 Å². The molecule has 2 aromatic carbocycles. The Morgan fingerprint density at radius 3 is 2.67 bits per heavy atom. The van der Waals surface area contributed by atoms with Gasteiger partial charge in [0.1, 0.15) is 24.1 Å². The zero-order valence-corrected chi connectivity index (χ0v) is 23.5. The van der Waals surface area contributed by atoms with Gasteiger partial charge in [0.05, 0.1) is 48.0 Å². The fourth-order valence-corrected chi connectivity index (χ4v) is 5.58. The van der Waals surface area contributed by atoms with Crippen molar-refractivity contribution in [1.29, 1.82) is 5.26 Å². The summed E-state index contributed by atoms with van der Waals surface area (Å²) in [7, 11) is 1.39. The van der Waals surface area contributed by atoms with Gasteiger partial charge >= 0.3 is 5.97 Å². The molecule has 0 amide bonds. The topological polar surface area (TPSA) is 102 Å². The number of carbonyl (C=O) groups excluding carboxylic acids is 1. The first-order valence-electron chi connectivity index (χ1n) is 14.2. The molecule has 2 aliphatic rings. The van der Waals surface area contributed by atoms with Gasteiger partial charge < -0.3 is 23.7 Å². The standard InChI is InChI=1S/C32H32FN5O4/c1-40-32(39)23-7-8-27-28(17-23)38(19-25-11-14-41-25)30(35-27)16-21-9-12-37(13-10-21)29-3-2-4-31(36-29)42-20-24-6-5-22(18-34)15-26(24)33/h2-8,15,17,21,25H,9-14,16,19-20H2,1H3. The molecule has 1 unspecified atom stereocenters. The first-order chi connectivity index (χ1) is 20.5. The number of nitriles is 1. The third-order valence-corrected chi connectivity index (χ3v) is 8.10. The molecule has 2 saturated heterocycles. The molecule has 2 aromatic heterocycles. The van der Waals surface area contributed by atoms with Crippen LogP contribution in [0, 0.1) is 23.1 Å². The van der Waals surface area contributed by atoms with Crippen molar-refractivity contribution in [3.8, 4) is 11.9 Å². The molecule has 0 bridgehead atoms. The fourth-order valence-electron chi connectivity index (χ4n) is 5.58. The number of hydrogen-bond donors (Lipinski definition) is 0. The van der Waals surface area contributed by atoms with Crippen molar-refractivity contribution in [1.82, 2.24) is 14.5 Å². The number of ether oxygens (including phenoxy) is 3. The molecular formula is C32H32FN5O4. The van der Waals surface area contributed by atoms with Gasteiger partial charge in [0.2, 0.25) is 5.88 Å². The van der Waals surface area contributed by atoms with Gasteiger partial charge in [0.25, 0.3) is 0 Å². The normalized spacial score (nSPS) is 17.1. The van der Waals surface area contributed by atoms with Gasteiger partial charge in [0.15, 0.2) is 0 Å². The van der Waals surface area contributed by atoms with E-state index in [0.29, 0.717) is 22.9 Å². The SMILES string of the molecule is COC(=O)c1ccc2nc(CC3CCN(c4cccc(OCc5ccc(C#N)cc5F)n4)CC3)n(CC3CCO3)c2c1. The van der Waals surface area contributed by atoms with E-state index in [-0.39, 0.29) is 24.2 Å². The predicted molar refractivity (Wildman–Crippen MR) is 154 cm³/mol. The zero-order chi connectivity index (χ0) is 29.1. The average molecular weight is 570 g/mol. The minimum Gasteiger partial charge on any atom is -0.473 e. The number of hydrogen-bond acceptors (Lipinski definition) is 8. The van der Waals surface area contributed by atoms with Gasteiger partial charge in [-0.3, -0.25) is 0 Å². The van der Waals surface area contributed by atoms with E-state index in [9.17, 15) is 9.18 Å². The Morgan fingerprint density at radius 1 is 1.12 bits per heavy atom. The van der Waals surface area contributed by atoms with E-state index in [4.69, 9.17) is 24.5 Å². The van der Waals surface area contributed by atoms with E-state index in [1.54, 1.807) is 24.3 Å². The molecule has 2 aliphatic heterocycles. The molecule has 10 heteroatoms. The minimum atomic E-state index is -0.468. The summed E-state index contributed by atoms with van der Waals surface area (Å²) in [6.07, 6.45) is 4.00. The number of methoxy groups -OCH3 is 1. The maximum atomic E-state index is 14.2. The largest absolute Gasteiger partial charge is 0.473 e. The molecule has 42 heavy (non-hydrogen) atoms. The van der Waals surface area contributed by atoms with Crippen LogP contribution in [0.2, 0.25) is 0 Å². The second-order valence-electron chi connectivity index (χ2n) is 10.8. The van der Waals surface area contributed by atoms with Crippen LogP contribution in [0.1, 0.15) is 46.6 Å². The van der Waals surface area contributed by atoms with Gasteiger partial charge in [-0.25, -0.2) is 14.2 Å². The van der Waals surface area contributed by atoms with E-state index in [1.807, 2.05) is 30.3 Å². The molecule has 9 nitrogen and oxygen atoms in total. The Kier molecular flexibility index (Phi) is 8.02. The molecule has 4 heterocycles. The average Bonchev–Trinajstić information content (AvgIpc) is 3.34. The highest BCUT2D eigenvalue weighted by Crippen LogP contribution is 2.29. The molecule has 216 valence electrons. The van der Waals surface area contributed by atoms with Crippen LogP contribution in [0.4, 0.5) is 10.2 Å². The second kappa shape index (κ2) is 12.2. The zero-order valence-electron chi connectivity index (χ0n) is 23.5. The summed E-state index contributed by atoms with van der Waals surface area (Å²) < 4.78 is 32.9. The Balaban J connectivity index is 1.10. The number of pyridine rings is 1. The number of imidazole rings is 1. The third kappa shape index (κ3) is 5.92. The number of rotatable bonds is 9. The Bertz CT molecular complexity index is 1640. The molecule has 2 fully saturated rings. The van der Waals surface area contributed by atoms with Crippen molar-refractivity contribution in [3.05, 3.63) is 82.9 Å². The van der Waals surface area contributed by atoms with Gasteiger partial charge in [-0.2, -0.15) is 10.2 Å². The maximum Gasteiger partial charge on any atom is 0.337 e.